The Bertz CT molecular complexity index is 1060. The number of hydrogen-bond acceptors (Lipinski definition) is 5. The predicted octanol–water partition coefficient (Wildman–Crippen LogP) is 2.98. The highest BCUT2D eigenvalue weighted by Crippen LogP contribution is 2.39. The van der Waals surface area contributed by atoms with Crippen LogP contribution in [-0.4, -0.2) is 31.9 Å². The van der Waals surface area contributed by atoms with E-state index in [4.69, 9.17) is 10.5 Å². The molecular formula is C20H22F2N2O3S. The fraction of sp³-hybridized carbons (Fsp3) is 0.350. The first-order valence-electron chi connectivity index (χ1n) is 8.67. The number of nitrogens with two attached hydrogens (primary N) is 1. The Kier molecular flexibility index (Phi) is 4.95. The van der Waals surface area contributed by atoms with Gasteiger partial charge in [-0.2, -0.15) is 0 Å². The number of benzene rings is 2. The first kappa shape index (κ1) is 20.3. The van der Waals surface area contributed by atoms with E-state index in [-0.39, 0.29) is 17.8 Å². The molecule has 0 spiro atoms. The summed E-state index contributed by atoms with van der Waals surface area (Å²) in [6.07, 6.45) is 0.101. The molecule has 2 aromatic carbocycles. The van der Waals surface area contributed by atoms with Gasteiger partial charge in [-0.3, -0.25) is 4.99 Å². The summed E-state index contributed by atoms with van der Waals surface area (Å²) >= 11 is 0. The summed E-state index contributed by atoms with van der Waals surface area (Å²) in [7, 11) is -2.31. The lowest BCUT2D eigenvalue weighted by molar-refractivity contribution is 0.414. The van der Waals surface area contributed by atoms with Gasteiger partial charge in [0, 0.05) is 11.6 Å². The molecule has 1 aliphatic heterocycles. The maximum atomic E-state index is 14.3. The minimum Gasteiger partial charge on any atom is -0.497 e. The van der Waals surface area contributed by atoms with Crippen LogP contribution in [0, 0.1) is 11.6 Å². The van der Waals surface area contributed by atoms with Gasteiger partial charge in [0.2, 0.25) is 0 Å². The Labute approximate surface area is 163 Å². The van der Waals surface area contributed by atoms with E-state index in [0.717, 1.165) is 11.6 Å². The summed E-state index contributed by atoms with van der Waals surface area (Å²) < 4.78 is 57.8. The Hall–Kier alpha value is -2.48. The van der Waals surface area contributed by atoms with Crippen LogP contribution in [0.15, 0.2) is 47.5 Å². The van der Waals surface area contributed by atoms with E-state index in [1.165, 1.54) is 27.0 Å². The molecule has 5 nitrogen and oxygen atoms in total. The number of sulfone groups is 1. The van der Waals surface area contributed by atoms with E-state index in [1.807, 2.05) is 0 Å². The van der Waals surface area contributed by atoms with Crippen LogP contribution in [0.4, 0.5) is 8.78 Å². The molecule has 0 bridgehead atoms. The molecule has 0 fully saturated rings. The maximum absolute atomic E-state index is 14.3. The van der Waals surface area contributed by atoms with Crippen LogP contribution in [0.5, 0.6) is 5.75 Å². The van der Waals surface area contributed by atoms with Crippen molar-refractivity contribution in [1.82, 2.24) is 0 Å². The minimum atomic E-state index is -3.83. The van der Waals surface area contributed by atoms with Gasteiger partial charge in [0.15, 0.2) is 9.84 Å². The average molecular weight is 408 g/mol. The fourth-order valence-electron chi connectivity index (χ4n) is 3.54. The third-order valence-electron chi connectivity index (χ3n) is 5.25. The minimum absolute atomic E-state index is 0.0103. The molecule has 1 aliphatic rings. The lowest BCUT2D eigenvalue weighted by atomic mass is 9.92. The molecule has 1 heterocycles. The lowest BCUT2D eigenvalue weighted by Crippen LogP contribution is -2.57. The second-order valence-electron chi connectivity index (χ2n) is 7.41. The van der Waals surface area contributed by atoms with Crippen LogP contribution in [0.25, 0.3) is 0 Å². The first-order chi connectivity index (χ1) is 13.0. The maximum Gasteiger partial charge on any atom is 0.165 e. The van der Waals surface area contributed by atoms with Gasteiger partial charge in [0.05, 0.1) is 12.9 Å². The second-order valence-corrected chi connectivity index (χ2v) is 9.83. The molecule has 0 aromatic heterocycles. The Morgan fingerprint density at radius 1 is 1.18 bits per heavy atom. The molecule has 28 heavy (non-hydrogen) atoms. The molecular weight excluding hydrogens is 386 g/mol. The van der Waals surface area contributed by atoms with Crippen molar-refractivity contribution in [2.75, 3.05) is 12.9 Å². The third-order valence-corrected chi connectivity index (χ3v) is 7.92. The van der Waals surface area contributed by atoms with Crippen LogP contribution >= 0.6 is 0 Å². The van der Waals surface area contributed by atoms with Crippen molar-refractivity contribution in [2.24, 2.45) is 10.7 Å². The molecule has 0 saturated heterocycles. The van der Waals surface area contributed by atoms with Gasteiger partial charge in [-0.05, 0) is 44.0 Å². The van der Waals surface area contributed by atoms with Gasteiger partial charge >= 0.3 is 0 Å². The fourth-order valence-corrected chi connectivity index (χ4v) is 5.57. The average Bonchev–Trinajstić information content (AvgIpc) is 2.59. The van der Waals surface area contributed by atoms with Gasteiger partial charge in [0.1, 0.15) is 33.5 Å². The number of rotatable bonds is 4. The molecule has 2 atom stereocenters. The SMILES string of the molecule is COc1cccc(C[C@@]2(C)C(N)=N[C@](C)(c3ccc(F)cc3F)CS2(=O)=O)c1. The molecule has 0 radical (unpaired) electrons. The quantitative estimate of drug-likeness (QED) is 0.843. The number of nitrogens with zero attached hydrogens (tertiary/aromatic N) is 1. The highest BCUT2D eigenvalue weighted by Gasteiger charge is 2.52. The zero-order chi connectivity index (χ0) is 20.7. The van der Waals surface area contributed by atoms with Crippen molar-refractivity contribution in [3.63, 3.8) is 0 Å². The van der Waals surface area contributed by atoms with E-state index in [2.05, 4.69) is 4.99 Å². The third kappa shape index (κ3) is 3.37. The summed E-state index contributed by atoms with van der Waals surface area (Å²) in [6, 6.07) is 10.0. The van der Waals surface area contributed by atoms with Crippen molar-refractivity contribution < 1.29 is 21.9 Å². The molecule has 2 aromatic rings. The lowest BCUT2D eigenvalue weighted by Gasteiger charge is -2.40. The largest absolute Gasteiger partial charge is 0.497 e. The zero-order valence-electron chi connectivity index (χ0n) is 15.9. The van der Waals surface area contributed by atoms with Crippen molar-refractivity contribution in [3.05, 3.63) is 65.2 Å². The molecule has 0 amide bonds. The van der Waals surface area contributed by atoms with Crippen molar-refractivity contribution >= 4 is 15.7 Å². The number of halogens is 2. The summed E-state index contributed by atoms with van der Waals surface area (Å²) in [5.74, 6) is -1.55. The molecule has 0 unspecified atom stereocenters. The van der Waals surface area contributed by atoms with E-state index < -0.39 is 37.5 Å². The van der Waals surface area contributed by atoms with Crippen LogP contribution in [0.1, 0.15) is 25.0 Å². The van der Waals surface area contributed by atoms with Gasteiger partial charge in [0.25, 0.3) is 0 Å². The Morgan fingerprint density at radius 2 is 1.89 bits per heavy atom. The van der Waals surface area contributed by atoms with E-state index in [0.29, 0.717) is 11.8 Å². The summed E-state index contributed by atoms with van der Waals surface area (Å²) in [6.45, 7) is 3.00. The second kappa shape index (κ2) is 6.84. The first-order valence-corrected chi connectivity index (χ1v) is 10.3. The van der Waals surface area contributed by atoms with Gasteiger partial charge in [-0.25, -0.2) is 17.2 Å². The van der Waals surface area contributed by atoms with Crippen LogP contribution in [0.2, 0.25) is 0 Å². The molecule has 8 heteroatoms. The predicted molar refractivity (Wildman–Crippen MR) is 104 cm³/mol. The number of aliphatic imine (C=N–C) groups is 1. The monoisotopic (exact) mass is 408 g/mol. The van der Waals surface area contributed by atoms with Gasteiger partial charge < -0.3 is 10.5 Å². The molecule has 3 rings (SSSR count). The van der Waals surface area contributed by atoms with Crippen LogP contribution < -0.4 is 10.5 Å². The van der Waals surface area contributed by atoms with Crippen LogP contribution in [-0.2, 0) is 21.8 Å². The molecule has 150 valence electrons. The summed E-state index contributed by atoms with van der Waals surface area (Å²) in [4.78, 5) is 4.38. The number of methoxy groups -OCH3 is 1. The molecule has 0 aliphatic carbocycles. The highest BCUT2D eigenvalue weighted by atomic mass is 32.2. The number of hydrogen-bond donors (Lipinski definition) is 1. The van der Waals surface area contributed by atoms with E-state index in [9.17, 15) is 17.2 Å². The summed E-state index contributed by atoms with van der Waals surface area (Å²) in [5, 5.41) is 0. The van der Waals surface area contributed by atoms with Crippen molar-refractivity contribution in [2.45, 2.75) is 30.6 Å². The van der Waals surface area contributed by atoms with Crippen molar-refractivity contribution in [1.29, 1.82) is 0 Å². The highest BCUT2D eigenvalue weighted by molar-refractivity contribution is 7.93. The van der Waals surface area contributed by atoms with E-state index >= 15 is 0 Å². The van der Waals surface area contributed by atoms with E-state index in [1.54, 1.807) is 24.3 Å². The summed E-state index contributed by atoms with van der Waals surface area (Å²) in [5.41, 5.74) is 5.42. The zero-order valence-corrected chi connectivity index (χ0v) is 16.7. The molecule has 2 N–H and O–H groups in total. The standard InChI is InChI=1S/C20H22F2N2O3S/c1-19(16-8-7-14(21)10-17(16)22)12-28(25,26)20(2,18(23)24-19)11-13-5-4-6-15(9-13)27-3/h4-10H,11-12H2,1-3H3,(H2,23,24)/t19-,20-/m0/s1. The smallest absolute Gasteiger partial charge is 0.165 e. The Balaban J connectivity index is 2.07. The van der Waals surface area contributed by atoms with Crippen LogP contribution in [0.3, 0.4) is 0 Å². The number of amidine groups is 1. The van der Waals surface area contributed by atoms with Gasteiger partial charge in [-0.15, -0.1) is 0 Å². The number of ether oxygens (including phenoxy) is 1. The normalized spacial score (nSPS) is 26.5. The van der Waals surface area contributed by atoms with Crippen molar-refractivity contribution in [3.8, 4) is 5.75 Å². The Morgan fingerprint density at radius 3 is 2.50 bits per heavy atom. The topological polar surface area (TPSA) is 81.8 Å². The van der Waals surface area contributed by atoms with Gasteiger partial charge in [-0.1, -0.05) is 18.2 Å². The molecule has 0 saturated carbocycles.